The number of nitrogens with two attached hydrogens (primary N) is 1. The molecule has 0 aromatic rings. The fourth-order valence-electron chi connectivity index (χ4n) is 1.24. The zero-order valence-electron chi connectivity index (χ0n) is 10.0. The second-order valence-corrected chi connectivity index (χ2v) is 6.01. The van der Waals surface area contributed by atoms with Crippen molar-refractivity contribution < 1.29 is 13.2 Å². The molecule has 0 aromatic heterocycles. The molecular formula is C9H19N3O3S2. The number of carbonyl (C=O) groups excluding carboxylic acids is 1. The Morgan fingerprint density at radius 1 is 1.41 bits per heavy atom. The van der Waals surface area contributed by atoms with Crippen LogP contribution in [0.25, 0.3) is 0 Å². The summed E-state index contributed by atoms with van der Waals surface area (Å²) in [6.45, 7) is 2.30. The molecule has 8 heteroatoms. The lowest BCUT2D eigenvalue weighted by Gasteiger charge is -2.14. The van der Waals surface area contributed by atoms with Gasteiger partial charge in [0.2, 0.25) is 15.9 Å². The Morgan fingerprint density at radius 3 is 2.41 bits per heavy atom. The molecule has 0 aliphatic carbocycles. The van der Waals surface area contributed by atoms with Crippen molar-refractivity contribution in [3.63, 3.8) is 0 Å². The van der Waals surface area contributed by atoms with Crippen LogP contribution in [0, 0.1) is 5.92 Å². The van der Waals surface area contributed by atoms with Crippen molar-refractivity contribution in [1.82, 2.24) is 10.0 Å². The van der Waals surface area contributed by atoms with E-state index in [1.54, 1.807) is 0 Å². The smallest absolute Gasteiger partial charge is 0.229 e. The first-order chi connectivity index (χ1) is 7.78. The quantitative estimate of drug-likeness (QED) is 0.405. The lowest BCUT2D eigenvalue weighted by Crippen LogP contribution is -2.41. The number of hydrogen-bond donors (Lipinski definition) is 3. The molecule has 100 valence electrons. The van der Waals surface area contributed by atoms with Gasteiger partial charge in [-0.15, -0.1) is 0 Å². The summed E-state index contributed by atoms with van der Waals surface area (Å²) < 4.78 is 23.8. The van der Waals surface area contributed by atoms with Crippen molar-refractivity contribution in [3.05, 3.63) is 0 Å². The fourth-order valence-corrected chi connectivity index (χ4v) is 1.93. The van der Waals surface area contributed by atoms with Gasteiger partial charge < -0.3 is 11.1 Å². The van der Waals surface area contributed by atoms with Crippen LogP contribution in [-0.4, -0.2) is 38.7 Å². The van der Waals surface area contributed by atoms with Crippen molar-refractivity contribution in [2.45, 2.75) is 19.8 Å². The maximum absolute atomic E-state index is 11.6. The minimum atomic E-state index is -3.22. The molecule has 6 nitrogen and oxygen atoms in total. The van der Waals surface area contributed by atoms with Gasteiger partial charge in [0.15, 0.2) is 0 Å². The van der Waals surface area contributed by atoms with Gasteiger partial charge in [0, 0.05) is 13.1 Å². The molecule has 0 heterocycles. The van der Waals surface area contributed by atoms with Crippen molar-refractivity contribution in [2.75, 3.05) is 19.3 Å². The SMILES string of the molecule is CCCC(C(=O)NCCNS(C)(=O)=O)C(N)=S. The molecule has 0 fully saturated rings. The average Bonchev–Trinajstić information content (AvgIpc) is 2.18. The van der Waals surface area contributed by atoms with E-state index >= 15 is 0 Å². The first-order valence-electron chi connectivity index (χ1n) is 5.29. The molecule has 17 heavy (non-hydrogen) atoms. The fraction of sp³-hybridized carbons (Fsp3) is 0.778. The molecule has 0 aliphatic heterocycles. The Hall–Kier alpha value is -0.730. The molecule has 0 bridgehead atoms. The van der Waals surface area contributed by atoms with Gasteiger partial charge in [-0.05, 0) is 6.42 Å². The van der Waals surface area contributed by atoms with E-state index in [4.69, 9.17) is 18.0 Å². The largest absolute Gasteiger partial charge is 0.393 e. The number of rotatable bonds is 8. The Morgan fingerprint density at radius 2 is 2.00 bits per heavy atom. The normalized spacial score (nSPS) is 13.1. The Labute approximate surface area is 107 Å². The molecule has 1 unspecified atom stereocenters. The van der Waals surface area contributed by atoms with Crippen LogP contribution >= 0.6 is 12.2 Å². The highest BCUT2D eigenvalue weighted by Crippen LogP contribution is 2.06. The highest BCUT2D eigenvalue weighted by Gasteiger charge is 2.19. The molecule has 0 saturated heterocycles. The van der Waals surface area contributed by atoms with Gasteiger partial charge >= 0.3 is 0 Å². The summed E-state index contributed by atoms with van der Waals surface area (Å²) >= 11 is 4.80. The standard InChI is InChI=1S/C9H19N3O3S2/c1-3-4-7(8(10)16)9(13)11-5-6-12-17(2,14)15/h7,12H,3-6H2,1-2H3,(H2,10,16)(H,11,13). The second-order valence-electron chi connectivity index (χ2n) is 3.70. The van der Waals surface area contributed by atoms with Crippen LogP contribution in [0.15, 0.2) is 0 Å². The summed E-state index contributed by atoms with van der Waals surface area (Å²) in [6, 6.07) is 0. The van der Waals surface area contributed by atoms with Gasteiger partial charge in [-0.3, -0.25) is 4.79 Å². The van der Waals surface area contributed by atoms with Crippen LogP contribution in [-0.2, 0) is 14.8 Å². The molecule has 0 saturated carbocycles. The molecule has 1 amide bonds. The van der Waals surface area contributed by atoms with Crippen molar-refractivity contribution in [3.8, 4) is 0 Å². The van der Waals surface area contributed by atoms with Crippen molar-refractivity contribution >= 4 is 33.1 Å². The molecule has 0 rings (SSSR count). The Kier molecular flexibility index (Phi) is 7.24. The van der Waals surface area contributed by atoms with E-state index in [0.717, 1.165) is 12.7 Å². The Balaban J connectivity index is 4.03. The van der Waals surface area contributed by atoms with Crippen LogP contribution < -0.4 is 15.8 Å². The van der Waals surface area contributed by atoms with Gasteiger partial charge in [0.05, 0.1) is 17.2 Å². The highest BCUT2D eigenvalue weighted by atomic mass is 32.2. The van der Waals surface area contributed by atoms with E-state index in [0.29, 0.717) is 6.42 Å². The summed E-state index contributed by atoms with van der Waals surface area (Å²) in [5.74, 6) is -0.733. The third-order valence-electron chi connectivity index (χ3n) is 2.03. The van der Waals surface area contributed by atoms with Crippen molar-refractivity contribution in [2.24, 2.45) is 11.7 Å². The lowest BCUT2D eigenvalue weighted by molar-refractivity contribution is -0.123. The molecule has 0 aliphatic rings. The number of hydrogen-bond acceptors (Lipinski definition) is 4. The van der Waals surface area contributed by atoms with Crippen LogP contribution in [0.2, 0.25) is 0 Å². The highest BCUT2D eigenvalue weighted by molar-refractivity contribution is 7.88. The van der Waals surface area contributed by atoms with Gasteiger partial charge in [0.25, 0.3) is 0 Å². The zero-order valence-corrected chi connectivity index (χ0v) is 11.7. The third kappa shape index (κ3) is 8.06. The number of sulfonamides is 1. The van der Waals surface area contributed by atoms with E-state index in [-0.39, 0.29) is 24.0 Å². The number of thiocarbonyl (C=S) groups is 1. The molecule has 4 N–H and O–H groups in total. The summed E-state index contributed by atoms with van der Waals surface area (Å²) in [6.07, 6.45) is 2.46. The minimum Gasteiger partial charge on any atom is -0.393 e. The lowest BCUT2D eigenvalue weighted by atomic mass is 10.0. The van der Waals surface area contributed by atoms with E-state index in [1.807, 2.05) is 6.92 Å². The minimum absolute atomic E-state index is 0.154. The monoisotopic (exact) mass is 281 g/mol. The first-order valence-corrected chi connectivity index (χ1v) is 7.59. The van der Waals surface area contributed by atoms with Crippen LogP contribution in [0.4, 0.5) is 0 Å². The summed E-state index contributed by atoms with van der Waals surface area (Å²) in [5.41, 5.74) is 5.46. The second kappa shape index (κ2) is 7.57. The number of carbonyl (C=O) groups is 1. The third-order valence-corrected chi connectivity index (χ3v) is 3.04. The van der Waals surface area contributed by atoms with Crippen LogP contribution in [0.5, 0.6) is 0 Å². The molecule has 0 radical (unpaired) electrons. The number of amides is 1. The Bertz CT molecular complexity index is 368. The molecule has 0 aromatic carbocycles. The summed E-state index contributed by atoms with van der Waals surface area (Å²) in [5, 5.41) is 2.59. The van der Waals surface area contributed by atoms with Gasteiger partial charge in [0.1, 0.15) is 0 Å². The van der Waals surface area contributed by atoms with Gasteiger partial charge in [-0.2, -0.15) is 0 Å². The average molecular weight is 281 g/mol. The van der Waals surface area contributed by atoms with E-state index < -0.39 is 15.9 Å². The van der Waals surface area contributed by atoms with Crippen molar-refractivity contribution in [1.29, 1.82) is 0 Å². The van der Waals surface area contributed by atoms with E-state index in [2.05, 4.69) is 10.0 Å². The first kappa shape index (κ1) is 16.3. The molecule has 1 atom stereocenters. The zero-order chi connectivity index (χ0) is 13.5. The van der Waals surface area contributed by atoms with Gasteiger partial charge in [-0.1, -0.05) is 25.6 Å². The molecular weight excluding hydrogens is 262 g/mol. The maximum Gasteiger partial charge on any atom is 0.229 e. The number of nitrogens with one attached hydrogen (secondary N) is 2. The maximum atomic E-state index is 11.6. The predicted molar refractivity (Wildman–Crippen MR) is 71.0 cm³/mol. The van der Waals surface area contributed by atoms with Crippen LogP contribution in [0.1, 0.15) is 19.8 Å². The predicted octanol–water partition coefficient (Wildman–Crippen LogP) is -0.646. The summed E-state index contributed by atoms with van der Waals surface area (Å²) in [4.78, 5) is 11.8. The summed E-state index contributed by atoms with van der Waals surface area (Å²) in [7, 11) is -3.22. The molecule has 0 spiro atoms. The topological polar surface area (TPSA) is 101 Å². The van der Waals surface area contributed by atoms with E-state index in [9.17, 15) is 13.2 Å². The van der Waals surface area contributed by atoms with Gasteiger partial charge in [-0.25, -0.2) is 13.1 Å². The van der Waals surface area contributed by atoms with Crippen LogP contribution in [0.3, 0.4) is 0 Å². The van der Waals surface area contributed by atoms with E-state index in [1.165, 1.54) is 0 Å².